The standard InChI is InChI=1S/C15H20N4O4/c1-11(17-7-9-18(10-8-17)12(2)20)15(21)16-13-5-3-4-6-14(13)19(22)23/h3-6,11H,7-10H2,1-2H3,(H,16,21)/t11-/m0/s1. The average molecular weight is 320 g/mol. The van der Waals surface area contributed by atoms with Crippen LogP contribution < -0.4 is 5.32 Å². The maximum atomic E-state index is 12.3. The molecule has 8 heteroatoms. The zero-order valence-electron chi connectivity index (χ0n) is 13.2. The van der Waals surface area contributed by atoms with Crippen molar-refractivity contribution in [3.63, 3.8) is 0 Å². The quantitative estimate of drug-likeness (QED) is 0.661. The van der Waals surface area contributed by atoms with Gasteiger partial charge in [0.2, 0.25) is 11.8 Å². The van der Waals surface area contributed by atoms with Crippen LogP contribution in [0.2, 0.25) is 0 Å². The molecule has 1 saturated heterocycles. The number of nitro benzene ring substituents is 1. The molecule has 0 bridgehead atoms. The van der Waals surface area contributed by atoms with Gasteiger partial charge in [0.25, 0.3) is 5.69 Å². The van der Waals surface area contributed by atoms with E-state index in [-0.39, 0.29) is 23.2 Å². The lowest BCUT2D eigenvalue weighted by Crippen LogP contribution is -2.53. The molecule has 0 spiro atoms. The molecule has 1 aliphatic rings. The number of benzene rings is 1. The Morgan fingerprint density at radius 1 is 1.22 bits per heavy atom. The van der Waals surface area contributed by atoms with Crippen molar-refractivity contribution in [3.05, 3.63) is 34.4 Å². The number of nitro groups is 1. The van der Waals surface area contributed by atoms with Crippen LogP contribution in [-0.4, -0.2) is 58.8 Å². The fraction of sp³-hybridized carbons (Fsp3) is 0.467. The Kier molecular flexibility index (Phi) is 5.28. The number of piperazine rings is 1. The second-order valence-electron chi connectivity index (χ2n) is 5.48. The molecule has 2 amide bonds. The monoisotopic (exact) mass is 320 g/mol. The summed E-state index contributed by atoms with van der Waals surface area (Å²) in [6.45, 7) is 5.65. The second kappa shape index (κ2) is 7.19. The first-order valence-electron chi connectivity index (χ1n) is 7.44. The fourth-order valence-electron chi connectivity index (χ4n) is 2.57. The maximum Gasteiger partial charge on any atom is 0.292 e. The molecule has 0 unspecified atom stereocenters. The summed E-state index contributed by atoms with van der Waals surface area (Å²) in [5.41, 5.74) is 0.0613. The lowest BCUT2D eigenvalue weighted by atomic mass is 10.2. The average Bonchev–Trinajstić information content (AvgIpc) is 2.54. The van der Waals surface area contributed by atoms with Gasteiger partial charge in [-0.15, -0.1) is 0 Å². The van der Waals surface area contributed by atoms with E-state index in [0.717, 1.165) is 0 Å². The van der Waals surface area contributed by atoms with Crippen molar-refractivity contribution in [2.75, 3.05) is 31.5 Å². The minimum absolute atomic E-state index is 0.0293. The molecule has 0 aliphatic carbocycles. The molecular formula is C15H20N4O4. The number of rotatable bonds is 4. The summed E-state index contributed by atoms with van der Waals surface area (Å²) in [6.07, 6.45) is 0. The molecule has 1 N–H and O–H groups in total. The summed E-state index contributed by atoms with van der Waals surface area (Å²) in [4.78, 5) is 37.8. The van der Waals surface area contributed by atoms with Crippen LogP contribution in [0.5, 0.6) is 0 Å². The van der Waals surface area contributed by atoms with Gasteiger partial charge in [-0.05, 0) is 13.0 Å². The predicted octanol–water partition coefficient (Wildman–Crippen LogP) is 1.09. The zero-order chi connectivity index (χ0) is 17.0. The van der Waals surface area contributed by atoms with E-state index in [1.807, 2.05) is 4.90 Å². The summed E-state index contributed by atoms with van der Waals surface area (Å²) >= 11 is 0. The van der Waals surface area contributed by atoms with E-state index in [0.29, 0.717) is 26.2 Å². The smallest absolute Gasteiger partial charge is 0.292 e. The van der Waals surface area contributed by atoms with Crippen molar-refractivity contribution in [2.45, 2.75) is 19.9 Å². The Balaban J connectivity index is 1.99. The van der Waals surface area contributed by atoms with Crippen LogP contribution in [0, 0.1) is 10.1 Å². The number of amides is 2. The third-order valence-corrected chi connectivity index (χ3v) is 4.05. The zero-order valence-corrected chi connectivity index (χ0v) is 13.2. The van der Waals surface area contributed by atoms with Gasteiger partial charge in [-0.2, -0.15) is 0 Å². The van der Waals surface area contributed by atoms with Crippen LogP contribution in [-0.2, 0) is 9.59 Å². The first-order valence-corrected chi connectivity index (χ1v) is 7.44. The van der Waals surface area contributed by atoms with Gasteiger partial charge in [-0.25, -0.2) is 0 Å². The van der Waals surface area contributed by atoms with Gasteiger partial charge in [0.05, 0.1) is 11.0 Å². The van der Waals surface area contributed by atoms with Crippen LogP contribution in [0.1, 0.15) is 13.8 Å². The topological polar surface area (TPSA) is 95.8 Å². The molecule has 1 fully saturated rings. The third-order valence-electron chi connectivity index (χ3n) is 4.05. The lowest BCUT2D eigenvalue weighted by molar-refractivity contribution is -0.383. The number of hydrogen-bond acceptors (Lipinski definition) is 5. The van der Waals surface area contributed by atoms with Gasteiger partial charge in [-0.3, -0.25) is 24.6 Å². The van der Waals surface area contributed by atoms with E-state index in [2.05, 4.69) is 5.32 Å². The molecule has 2 rings (SSSR count). The molecule has 0 radical (unpaired) electrons. The first-order chi connectivity index (χ1) is 10.9. The molecule has 1 aromatic carbocycles. The van der Waals surface area contributed by atoms with Crippen molar-refractivity contribution in [2.24, 2.45) is 0 Å². The molecule has 0 saturated carbocycles. The van der Waals surface area contributed by atoms with Gasteiger partial charge >= 0.3 is 0 Å². The normalized spacial score (nSPS) is 16.7. The Morgan fingerprint density at radius 3 is 2.39 bits per heavy atom. The molecule has 23 heavy (non-hydrogen) atoms. The summed E-state index contributed by atoms with van der Waals surface area (Å²) in [5.74, 6) is -0.266. The summed E-state index contributed by atoms with van der Waals surface area (Å²) < 4.78 is 0. The van der Waals surface area contributed by atoms with Crippen molar-refractivity contribution in [3.8, 4) is 0 Å². The van der Waals surface area contributed by atoms with Crippen molar-refractivity contribution < 1.29 is 14.5 Å². The van der Waals surface area contributed by atoms with E-state index < -0.39 is 11.0 Å². The van der Waals surface area contributed by atoms with Gasteiger partial charge in [0.1, 0.15) is 5.69 Å². The van der Waals surface area contributed by atoms with Crippen LogP contribution in [0.4, 0.5) is 11.4 Å². The largest absolute Gasteiger partial charge is 0.340 e. The Labute approximate surface area is 134 Å². The first kappa shape index (κ1) is 16.9. The summed E-state index contributed by atoms with van der Waals surface area (Å²) in [5, 5.41) is 13.6. The number of anilines is 1. The predicted molar refractivity (Wildman–Crippen MR) is 85.0 cm³/mol. The minimum atomic E-state index is -0.522. The van der Waals surface area contributed by atoms with E-state index >= 15 is 0 Å². The Bertz CT molecular complexity index is 611. The molecule has 124 valence electrons. The van der Waals surface area contributed by atoms with Gasteiger partial charge < -0.3 is 10.2 Å². The van der Waals surface area contributed by atoms with E-state index in [4.69, 9.17) is 0 Å². The molecule has 1 aromatic rings. The van der Waals surface area contributed by atoms with E-state index in [1.54, 1.807) is 24.0 Å². The summed E-state index contributed by atoms with van der Waals surface area (Å²) in [7, 11) is 0. The second-order valence-corrected chi connectivity index (χ2v) is 5.48. The third kappa shape index (κ3) is 4.04. The maximum absolute atomic E-state index is 12.3. The number of carbonyl (C=O) groups is 2. The molecule has 1 atom stereocenters. The highest BCUT2D eigenvalue weighted by molar-refractivity contribution is 5.96. The number of carbonyl (C=O) groups excluding carboxylic acids is 2. The summed E-state index contributed by atoms with van der Waals surface area (Å²) in [6, 6.07) is 5.63. The highest BCUT2D eigenvalue weighted by Gasteiger charge is 2.27. The fourth-order valence-corrected chi connectivity index (χ4v) is 2.57. The number of hydrogen-bond donors (Lipinski definition) is 1. The lowest BCUT2D eigenvalue weighted by Gasteiger charge is -2.36. The van der Waals surface area contributed by atoms with Crippen molar-refractivity contribution in [1.29, 1.82) is 0 Å². The van der Waals surface area contributed by atoms with Crippen LogP contribution >= 0.6 is 0 Å². The minimum Gasteiger partial charge on any atom is -0.340 e. The molecule has 8 nitrogen and oxygen atoms in total. The van der Waals surface area contributed by atoms with Crippen LogP contribution in [0.3, 0.4) is 0 Å². The van der Waals surface area contributed by atoms with Crippen LogP contribution in [0.25, 0.3) is 0 Å². The van der Waals surface area contributed by atoms with Gasteiger partial charge in [0.15, 0.2) is 0 Å². The molecule has 1 heterocycles. The van der Waals surface area contributed by atoms with Gasteiger partial charge in [0, 0.05) is 39.2 Å². The number of para-hydroxylation sites is 2. The highest BCUT2D eigenvalue weighted by atomic mass is 16.6. The van der Waals surface area contributed by atoms with E-state index in [1.165, 1.54) is 19.1 Å². The van der Waals surface area contributed by atoms with Crippen molar-refractivity contribution in [1.82, 2.24) is 9.80 Å². The number of nitrogens with zero attached hydrogens (tertiary/aromatic N) is 3. The highest BCUT2D eigenvalue weighted by Crippen LogP contribution is 2.23. The van der Waals surface area contributed by atoms with Gasteiger partial charge in [-0.1, -0.05) is 12.1 Å². The molecule has 1 aliphatic heterocycles. The van der Waals surface area contributed by atoms with Crippen LogP contribution in [0.15, 0.2) is 24.3 Å². The molecule has 0 aromatic heterocycles. The van der Waals surface area contributed by atoms with E-state index in [9.17, 15) is 19.7 Å². The SMILES string of the molecule is CC(=O)N1CCN([C@@H](C)C(=O)Nc2ccccc2[N+](=O)[O-])CC1. The molecular weight excluding hydrogens is 300 g/mol. The Morgan fingerprint density at radius 2 is 1.83 bits per heavy atom. The number of nitrogens with one attached hydrogen (secondary N) is 1. The van der Waals surface area contributed by atoms with Crippen molar-refractivity contribution >= 4 is 23.2 Å². The Hall–Kier alpha value is -2.48.